The number of nitrogens with one attached hydrogen (secondary N) is 1. The van der Waals surface area contributed by atoms with Crippen LogP contribution in [0.15, 0.2) is 30.3 Å². The van der Waals surface area contributed by atoms with Crippen molar-refractivity contribution in [3.05, 3.63) is 46.5 Å². The lowest BCUT2D eigenvalue weighted by Gasteiger charge is -2.13. The third-order valence-electron chi connectivity index (χ3n) is 2.74. The molecule has 94 valence electrons. The first-order chi connectivity index (χ1) is 8.72. The summed E-state index contributed by atoms with van der Waals surface area (Å²) in [5.41, 5.74) is 1.85. The summed E-state index contributed by atoms with van der Waals surface area (Å²) in [5.74, 6) is -0.0989. The summed E-state index contributed by atoms with van der Waals surface area (Å²) in [5, 5.41) is 6.91. The molecule has 1 atom stereocenters. The maximum atomic E-state index is 12.1. The molecule has 0 bridgehead atoms. The van der Waals surface area contributed by atoms with E-state index in [4.69, 9.17) is 0 Å². The zero-order valence-corrected chi connectivity index (χ0v) is 11.2. The largest absolute Gasteiger partial charge is 0.345 e. The summed E-state index contributed by atoms with van der Waals surface area (Å²) in [4.78, 5) is 12.7. The molecule has 1 N–H and O–H groups in total. The zero-order chi connectivity index (χ0) is 13.0. The molecule has 0 aliphatic heterocycles. The summed E-state index contributed by atoms with van der Waals surface area (Å²) >= 11 is 1.15. The Balaban J connectivity index is 2.08. The van der Waals surface area contributed by atoms with Crippen molar-refractivity contribution in [3.8, 4) is 0 Å². The predicted octanol–water partition coefficient (Wildman–Crippen LogP) is 2.59. The van der Waals surface area contributed by atoms with Crippen LogP contribution in [0.4, 0.5) is 0 Å². The molecule has 0 aliphatic rings. The number of aryl methyl sites for hydroxylation is 1. The van der Waals surface area contributed by atoms with Crippen molar-refractivity contribution in [1.29, 1.82) is 0 Å². The number of rotatable bonds is 4. The standard InChI is InChI=1S/C13H15N3OS/c1-3-11-12(18-16-15-11)13(17)14-9(2)10-7-5-4-6-8-10/h4-9H,3H2,1-2H3,(H,14,17). The highest BCUT2D eigenvalue weighted by molar-refractivity contribution is 7.08. The number of hydrogen-bond acceptors (Lipinski definition) is 4. The molecule has 1 heterocycles. The minimum atomic E-state index is -0.0989. The van der Waals surface area contributed by atoms with Crippen molar-refractivity contribution < 1.29 is 4.79 Å². The Morgan fingerprint density at radius 2 is 2.11 bits per heavy atom. The molecule has 18 heavy (non-hydrogen) atoms. The van der Waals surface area contributed by atoms with E-state index in [2.05, 4.69) is 14.9 Å². The lowest BCUT2D eigenvalue weighted by Crippen LogP contribution is -2.26. The van der Waals surface area contributed by atoms with Gasteiger partial charge in [0.2, 0.25) is 0 Å². The second-order valence-corrected chi connectivity index (χ2v) is 4.76. The second-order valence-electron chi connectivity index (χ2n) is 4.01. The molecule has 0 aliphatic carbocycles. The molecule has 0 radical (unpaired) electrons. The van der Waals surface area contributed by atoms with E-state index in [0.29, 0.717) is 4.88 Å². The average molecular weight is 261 g/mol. The number of carbonyl (C=O) groups excluding carboxylic acids is 1. The Hall–Kier alpha value is -1.75. The molecule has 0 fully saturated rings. The van der Waals surface area contributed by atoms with Crippen LogP contribution in [0.5, 0.6) is 0 Å². The van der Waals surface area contributed by atoms with Gasteiger partial charge in [-0.1, -0.05) is 41.7 Å². The highest BCUT2D eigenvalue weighted by Crippen LogP contribution is 2.15. The van der Waals surface area contributed by atoms with Gasteiger partial charge in [-0.2, -0.15) is 0 Å². The van der Waals surface area contributed by atoms with Crippen molar-refractivity contribution in [2.75, 3.05) is 0 Å². The van der Waals surface area contributed by atoms with E-state index >= 15 is 0 Å². The summed E-state index contributed by atoms with van der Waals surface area (Å²) in [6.07, 6.45) is 0.721. The first kappa shape index (κ1) is 12.7. The molecule has 0 spiro atoms. The fraction of sp³-hybridized carbons (Fsp3) is 0.308. The monoisotopic (exact) mass is 261 g/mol. The van der Waals surface area contributed by atoms with Gasteiger partial charge in [0.1, 0.15) is 4.88 Å². The van der Waals surface area contributed by atoms with E-state index in [1.807, 2.05) is 44.2 Å². The van der Waals surface area contributed by atoms with Crippen LogP contribution >= 0.6 is 11.5 Å². The van der Waals surface area contributed by atoms with E-state index in [0.717, 1.165) is 29.2 Å². The Kier molecular flexibility index (Phi) is 4.04. The highest BCUT2D eigenvalue weighted by atomic mass is 32.1. The summed E-state index contributed by atoms with van der Waals surface area (Å²) in [7, 11) is 0. The third-order valence-corrected chi connectivity index (χ3v) is 3.51. The topological polar surface area (TPSA) is 54.9 Å². The van der Waals surface area contributed by atoms with Crippen molar-refractivity contribution in [2.45, 2.75) is 26.3 Å². The molecule has 0 saturated heterocycles. The van der Waals surface area contributed by atoms with E-state index in [1.54, 1.807) is 0 Å². The zero-order valence-electron chi connectivity index (χ0n) is 10.4. The predicted molar refractivity (Wildman–Crippen MR) is 71.6 cm³/mol. The summed E-state index contributed by atoms with van der Waals surface area (Å²) in [6.45, 7) is 3.93. The minimum absolute atomic E-state index is 0.0227. The molecule has 0 saturated carbocycles. The molecule has 2 rings (SSSR count). The lowest BCUT2D eigenvalue weighted by molar-refractivity contribution is 0.0943. The number of hydrogen-bond donors (Lipinski definition) is 1. The number of aromatic nitrogens is 2. The molecule has 5 heteroatoms. The first-order valence-corrected chi connectivity index (χ1v) is 6.66. The number of amides is 1. The van der Waals surface area contributed by atoms with Gasteiger partial charge in [-0.25, -0.2) is 0 Å². The number of carbonyl (C=O) groups is 1. The van der Waals surface area contributed by atoms with Crippen LogP contribution in [-0.4, -0.2) is 15.5 Å². The van der Waals surface area contributed by atoms with E-state index in [9.17, 15) is 4.79 Å². The van der Waals surface area contributed by atoms with E-state index in [-0.39, 0.29) is 11.9 Å². The lowest BCUT2D eigenvalue weighted by atomic mass is 10.1. The smallest absolute Gasteiger partial charge is 0.265 e. The van der Waals surface area contributed by atoms with Gasteiger partial charge in [0.05, 0.1) is 11.7 Å². The van der Waals surface area contributed by atoms with E-state index in [1.165, 1.54) is 0 Å². The van der Waals surface area contributed by atoms with Gasteiger partial charge in [-0.05, 0) is 30.4 Å². The van der Waals surface area contributed by atoms with E-state index < -0.39 is 0 Å². The first-order valence-electron chi connectivity index (χ1n) is 5.89. The Morgan fingerprint density at radius 1 is 1.39 bits per heavy atom. The van der Waals surface area contributed by atoms with Crippen LogP contribution in [-0.2, 0) is 6.42 Å². The van der Waals surface area contributed by atoms with Crippen molar-refractivity contribution >= 4 is 17.4 Å². The van der Waals surface area contributed by atoms with Crippen LogP contribution in [0.3, 0.4) is 0 Å². The molecule has 1 aromatic carbocycles. The van der Waals surface area contributed by atoms with Crippen molar-refractivity contribution in [2.24, 2.45) is 0 Å². The fourth-order valence-electron chi connectivity index (χ4n) is 1.70. The van der Waals surface area contributed by atoms with Crippen LogP contribution in [0.2, 0.25) is 0 Å². The van der Waals surface area contributed by atoms with Gasteiger partial charge in [-0.3, -0.25) is 4.79 Å². The molecule has 2 aromatic rings. The van der Waals surface area contributed by atoms with Gasteiger partial charge in [0, 0.05) is 0 Å². The molecule has 1 aromatic heterocycles. The maximum absolute atomic E-state index is 12.1. The molecule has 1 unspecified atom stereocenters. The maximum Gasteiger partial charge on any atom is 0.265 e. The SMILES string of the molecule is CCc1nnsc1C(=O)NC(C)c1ccccc1. The molecule has 1 amide bonds. The summed E-state index contributed by atoms with van der Waals surface area (Å²) in [6, 6.07) is 9.85. The molecular formula is C13H15N3OS. The highest BCUT2D eigenvalue weighted by Gasteiger charge is 2.17. The number of benzene rings is 1. The Morgan fingerprint density at radius 3 is 2.78 bits per heavy atom. The van der Waals surface area contributed by atoms with Crippen LogP contribution in [0.25, 0.3) is 0 Å². The normalized spacial score (nSPS) is 12.1. The Bertz CT molecular complexity index is 524. The minimum Gasteiger partial charge on any atom is -0.345 e. The quantitative estimate of drug-likeness (QED) is 0.920. The van der Waals surface area contributed by atoms with Crippen molar-refractivity contribution in [3.63, 3.8) is 0 Å². The van der Waals surface area contributed by atoms with Gasteiger partial charge >= 0.3 is 0 Å². The van der Waals surface area contributed by atoms with Crippen LogP contribution < -0.4 is 5.32 Å². The van der Waals surface area contributed by atoms with Gasteiger partial charge in [-0.15, -0.1) is 5.10 Å². The third kappa shape index (κ3) is 2.73. The average Bonchev–Trinajstić information content (AvgIpc) is 2.88. The summed E-state index contributed by atoms with van der Waals surface area (Å²) < 4.78 is 3.82. The van der Waals surface area contributed by atoms with Crippen LogP contribution in [0.1, 0.15) is 40.8 Å². The Labute approximate surface area is 110 Å². The van der Waals surface area contributed by atoms with Gasteiger partial charge < -0.3 is 5.32 Å². The molecule has 4 nitrogen and oxygen atoms in total. The second kappa shape index (κ2) is 5.73. The van der Waals surface area contributed by atoms with Crippen LogP contribution in [0, 0.1) is 0 Å². The molecular weight excluding hydrogens is 246 g/mol. The van der Waals surface area contributed by atoms with Gasteiger partial charge in [0.15, 0.2) is 0 Å². The number of nitrogens with zero attached hydrogens (tertiary/aromatic N) is 2. The van der Waals surface area contributed by atoms with Crippen molar-refractivity contribution in [1.82, 2.24) is 14.9 Å². The fourth-order valence-corrected chi connectivity index (χ4v) is 2.35. The van der Waals surface area contributed by atoms with Gasteiger partial charge in [0.25, 0.3) is 5.91 Å².